The zero-order valence-electron chi connectivity index (χ0n) is 15.8. The monoisotopic (exact) mass is 407 g/mol. The zero-order valence-corrected chi connectivity index (χ0v) is 15.8. The Kier molecular flexibility index (Phi) is 6.07. The Morgan fingerprint density at radius 3 is 2.55 bits per heavy atom. The van der Waals surface area contributed by atoms with Gasteiger partial charge in [0.2, 0.25) is 0 Å². The molecular weight excluding hydrogens is 387 g/mol. The standard InChI is InChI=1S/C20H20F3N3O3/c1-13(12-27)26-17(14-3-5-15(6-4-14)29-20(21,22)23)7-10-25-19(26)16-11-24-9-8-18(16)28-2/h3-11,13,19,27H,12H2,1-2H3/t13-,19?/m0/s1. The second-order valence-electron chi connectivity index (χ2n) is 6.35. The number of benzene rings is 1. The molecule has 1 N–H and O–H groups in total. The van der Waals surface area contributed by atoms with Gasteiger partial charge in [0.1, 0.15) is 11.5 Å². The predicted molar refractivity (Wildman–Crippen MR) is 102 cm³/mol. The minimum atomic E-state index is -4.75. The summed E-state index contributed by atoms with van der Waals surface area (Å²) in [6, 6.07) is 6.93. The minimum Gasteiger partial charge on any atom is -0.496 e. The van der Waals surface area contributed by atoms with Crippen molar-refractivity contribution >= 4 is 11.9 Å². The number of hydrogen-bond acceptors (Lipinski definition) is 6. The van der Waals surface area contributed by atoms with E-state index < -0.39 is 12.5 Å². The molecule has 6 nitrogen and oxygen atoms in total. The van der Waals surface area contributed by atoms with Gasteiger partial charge in [0.15, 0.2) is 6.17 Å². The molecule has 2 aromatic rings. The third-order valence-electron chi connectivity index (χ3n) is 4.43. The first kappa shape index (κ1) is 20.7. The van der Waals surface area contributed by atoms with Gasteiger partial charge in [-0.15, -0.1) is 13.2 Å². The molecule has 1 aromatic heterocycles. The number of nitrogens with zero attached hydrogens (tertiary/aromatic N) is 3. The number of aliphatic hydroxyl groups is 1. The van der Waals surface area contributed by atoms with E-state index in [9.17, 15) is 18.3 Å². The van der Waals surface area contributed by atoms with Crippen molar-refractivity contribution in [1.29, 1.82) is 0 Å². The summed E-state index contributed by atoms with van der Waals surface area (Å²) in [5.74, 6) is 0.283. The molecule has 9 heteroatoms. The first-order valence-corrected chi connectivity index (χ1v) is 8.80. The molecule has 0 radical (unpaired) electrons. The topological polar surface area (TPSA) is 67.2 Å². The Morgan fingerprint density at radius 1 is 1.21 bits per heavy atom. The maximum atomic E-state index is 12.4. The van der Waals surface area contributed by atoms with E-state index in [0.717, 1.165) is 0 Å². The maximum Gasteiger partial charge on any atom is 0.573 e. The molecular formula is C20H20F3N3O3. The fourth-order valence-electron chi connectivity index (χ4n) is 3.13. The highest BCUT2D eigenvalue weighted by Gasteiger charge is 2.32. The Balaban J connectivity index is 1.97. The number of aromatic nitrogens is 1. The van der Waals surface area contributed by atoms with Crippen LogP contribution in [0, 0.1) is 0 Å². The lowest BCUT2D eigenvalue weighted by molar-refractivity contribution is -0.274. The van der Waals surface area contributed by atoms with E-state index in [1.54, 1.807) is 37.9 Å². The molecule has 0 aliphatic carbocycles. The molecule has 2 atom stereocenters. The molecule has 0 spiro atoms. The molecule has 0 amide bonds. The van der Waals surface area contributed by atoms with E-state index >= 15 is 0 Å². The Morgan fingerprint density at radius 2 is 1.93 bits per heavy atom. The smallest absolute Gasteiger partial charge is 0.496 e. The Hall–Kier alpha value is -3.07. The molecule has 154 valence electrons. The summed E-state index contributed by atoms with van der Waals surface area (Å²) < 4.78 is 46.6. The number of allylic oxidation sites excluding steroid dienone is 1. The molecule has 2 heterocycles. The second-order valence-corrected chi connectivity index (χ2v) is 6.35. The van der Waals surface area contributed by atoms with Crippen LogP contribution in [0.3, 0.4) is 0 Å². The van der Waals surface area contributed by atoms with Crippen LogP contribution in [-0.2, 0) is 0 Å². The zero-order chi connectivity index (χ0) is 21.0. The average Bonchev–Trinajstić information content (AvgIpc) is 2.72. The number of halogens is 3. The quantitative estimate of drug-likeness (QED) is 0.789. The highest BCUT2D eigenvalue weighted by molar-refractivity contribution is 5.86. The van der Waals surface area contributed by atoms with Crippen LogP contribution < -0.4 is 9.47 Å². The summed E-state index contributed by atoms with van der Waals surface area (Å²) in [7, 11) is 1.54. The number of aliphatic hydroxyl groups excluding tert-OH is 1. The van der Waals surface area contributed by atoms with Crippen molar-refractivity contribution in [1.82, 2.24) is 9.88 Å². The van der Waals surface area contributed by atoms with Crippen LogP contribution in [0.4, 0.5) is 13.2 Å². The summed E-state index contributed by atoms with van der Waals surface area (Å²) in [6.45, 7) is 1.67. The van der Waals surface area contributed by atoms with E-state index in [1.165, 1.54) is 24.3 Å². The average molecular weight is 407 g/mol. The van der Waals surface area contributed by atoms with Gasteiger partial charge in [0, 0.05) is 24.3 Å². The first-order chi connectivity index (χ1) is 13.8. The molecule has 0 saturated heterocycles. The van der Waals surface area contributed by atoms with Gasteiger partial charge in [0.05, 0.1) is 25.3 Å². The number of ether oxygens (including phenoxy) is 2. The number of hydrogen-bond donors (Lipinski definition) is 1. The highest BCUT2D eigenvalue weighted by Crippen LogP contribution is 2.38. The number of aliphatic imine (C=N–C) groups is 1. The van der Waals surface area contributed by atoms with E-state index in [0.29, 0.717) is 22.6 Å². The number of pyridine rings is 1. The van der Waals surface area contributed by atoms with Gasteiger partial charge in [-0.05, 0) is 48.9 Å². The van der Waals surface area contributed by atoms with E-state index in [-0.39, 0.29) is 18.4 Å². The van der Waals surface area contributed by atoms with Gasteiger partial charge < -0.3 is 19.5 Å². The molecule has 1 aromatic carbocycles. The Bertz CT molecular complexity index is 898. The first-order valence-electron chi connectivity index (χ1n) is 8.80. The number of alkyl halides is 3. The number of methoxy groups -OCH3 is 1. The fourth-order valence-corrected chi connectivity index (χ4v) is 3.13. The minimum absolute atomic E-state index is 0.152. The van der Waals surface area contributed by atoms with Crippen LogP contribution in [0.15, 0.2) is 53.8 Å². The van der Waals surface area contributed by atoms with Crippen LogP contribution in [0.5, 0.6) is 11.5 Å². The van der Waals surface area contributed by atoms with E-state index in [4.69, 9.17) is 4.74 Å². The third kappa shape index (κ3) is 4.68. The number of rotatable bonds is 6. The molecule has 0 fully saturated rings. The summed E-state index contributed by atoms with van der Waals surface area (Å²) in [4.78, 5) is 10.5. The molecule has 1 unspecified atom stereocenters. The molecule has 1 aliphatic heterocycles. The summed E-state index contributed by atoms with van der Waals surface area (Å²) in [6.07, 6.45) is 1.33. The summed E-state index contributed by atoms with van der Waals surface area (Å²) in [5, 5.41) is 9.80. The lowest BCUT2D eigenvalue weighted by Gasteiger charge is -2.39. The van der Waals surface area contributed by atoms with Crippen molar-refractivity contribution in [2.45, 2.75) is 25.5 Å². The van der Waals surface area contributed by atoms with Crippen molar-refractivity contribution in [2.24, 2.45) is 4.99 Å². The largest absolute Gasteiger partial charge is 0.573 e. The van der Waals surface area contributed by atoms with E-state index in [1.807, 2.05) is 11.8 Å². The molecule has 1 aliphatic rings. The fraction of sp³-hybridized carbons (Fsp3) is 0.300. The van der Waals surface area contributed by atoms with Crippen LogP contribution in [0.2, 0.25) is 0 Å². The SMILES string of the molecule is COc1ccncc1C1N=CC=C(c2ccc(OC(F)(F)F)cc2)N1[C@@H](C)CO. The summed E-state index contributed by atoms with van der Waals surface area (Å²) in [5.41, 5.74) is 2.05. The molecule has 0 bridgehead atoms. The predicted octanol–water partition coefficient (Wildman–Crippen LogP) is 3.80. The van der Waals surface area contributed by atoms with Gasteiger partial charge in [-0.3, -0.25) is 9.98 Å². The normalized spacial score (nSPS) is 17.7. The van der Waals surface area contributed by atoms with Crippen LogP contribution in [0.1, 0.15) is 24.2 Å². The summed E-state index contributed by atoms with van der Waals surface area (Å²) >= 11 is 0. The van der Waals surface area contributed by atoms with Crippen LogP contribution in [0.25, 0.3) is 5.70 Å². The third-order valence-corrected chi connectivity index (χ3v) is 4.43. The van der Waals surface area contributed by atoms with Crippen molar-refractivity contribution in [2.75, 3.05) is 13.7 Å². The van der Waals surface area contributed by atoms with Crippen molar-refractivity contribution in [3.8, 4) is 11.5 Å². The van der Waals surface area contributed by atoms with Crippen LogP contribution >= 0.6 is 0 Å². The van der Waals surface area contributed by atoms with Crippen molar-refractivity contribution < 1.29 is 27.8 Å². The van der Waals surface area contributed by atoms with Crippen LogP contribution in [-0.4, -0.2) is 47.3 Å². The van der Waals surface area contributed by atoms with Crippen molar-refractivity contribution in [3.05, 3.63) is 59.9 Å². The van der Waals surface area contributed by atoms with Gasteiger partial charge in [-0.25, -0.2) is 0 Å². The maximum absolute atomic E-state index is 12.4. The lowest BCUT2D eigenvalue weighted by Crippen LogP contribution is -2.38. The van der Waals surface area contributed by atoms with Gasteiger partial charge in [-0.1, -0.05) is 0 Å². The van der Waals surface area contributed by atoms with Gasteiger partial charge in [-0.2, -0.15) is 0 Å². The van der Waals surface area contributed by atoms with Gasteiger partial charge in [0.25, 0.3) is 0 Å². The highest BCUT2D eigenvalue weighted by atomic mass is 19.4. The van der Waals surface area contributed by atoms with Gasteiger partial charge >= 0.3 is 6.36 Å². The lowest BCUT2D eigenvalue weighted by atomic mass is 10.0. The Labute approximate surface area is 165 Å². The van der Waals surface area contributed by atoms with Crippen molar-refractivity contribution in [3.63, 3.8) is 0 Å². The molecule has 0 saturated carbocycles. The molecule has 29 heavy (non-hydrogen) atoms. The van der Waals surface area contributed by atoms with E-state index in [2.05, 4.69) is 14.7 Å². The molecule has 3 rings (SSSR count). The second kappa shape index (κ2) is 8.52.